The summed E-state index contributed by atoms with van der Waals surface area (Å²) in [6, 6.07) is 8.60. The molecule has 0 spiro atoms. The summed E-state index contributed by atoms with van der Waals surface area (Å²) in [5.41, 5.74) is 11.4. The minimum absolute atomic E-state index is 0.000382. The van der Waals surface area contributed by atoms with Crippen molar-refractivity contribution in [2.45, 2.75) is 57.2 Å². The number of hydrazine groups is 1. The van der Waals surface area contributed by atoms with Crippen LogP contribution in [0, 0.1) is 0 Å². The van der Waals surface area contributed by atoms with E-state index in [-0.39, 0.29) is 43.5 Å². The Morgan fingerprint density at radius 1 is 0.912 bits per heavy atom. The molecule has 1 fully saturated rings. The monoisotopic (exact) mass is 474 g/mol. The third kappa shape index (κ3) is 9.77. The highest BCUT2D eigenvalue weighted by molar-refractivity contribution is 6.38. The fraction of sp³-hybridized carbons (Fsp3) is 0.522. The molecule has 0 saturated heterocycles. The average molecular weight is 475 g/mol. The molecule has 1 saturated carbocycles. The number of carbonyl (C=O) groups is 5. The SMILES string of the molecule is CC(=O)N[C@H]1CC[C@H](NC(=O)CNC(=O)[C@H](Cc2ccccc2)NNCC(=O)C(=O)CN)CC1. The molecule has 0 unspecified atom stereocenters. The maximum Gasteiger partial charge on any atom is 0.239 e. The largest absolute Gasteiger partial charge is 0.354 e. The lowest BCUT2D eigenvalue weighted by Crippen LogP contribution is -2.54. The number of carbonyl (C=O) groups excluding carboxylic acids is 5. The maximum atomic E-state index is 12.8. The van der Waals surface area contributed by atoms with Crippen molar-refractivity contribution in [2.75, 3.05) is 19.6 Å². The minimum atomic E-state index is -0.788. The van der Waals surface area contributed by atoms with Gasteiger partial charge in [-0.2, -0.15) is 0 Å². The van der Waals surface area contributed by atoms with Gasteiger partial charge in [-0.05, 0) is 37.7 Å². The molecule has 1 aliphatic rings. The molecule has 1 atom stereocenters. The summed E-state index contributed by atoms with van der Waals surface area (Å²) in [6.45, 7) is 0.611. The molecule has 0 aliphatic heterocycles. The van der Waals surface area contributed by atoms with E-state index in [0.717, 1.165) is 31.2 Å². The van der Waals surface area contributed by atoms with Crippen LogP contribution in [0.5, 0.6) is 0 Å². The van der Waals surface area contributed by atoms with Crippen molar-refractivity contribution in [1.82, 2.24) is 26.8 Å². The van der Waals surface area contributed by atoms with Crippen molar-refractivity contribution < 1.29 is 24.0 Å². The van der Waals surface area contributed by atoms with E-state index in [9.17, 15) is 24.0 Å². The second kappa shape index (κ2) is 14.2. The van der Waals surface area contributed by atoms with Crippen molar-refractivity contribution in [1.29, 1.82) is 0 Å². The molecule has 1 aliphatic carbocycles. The number of nitrogens with two attached hydrogens (primary N) is 1. The molecular weight excluding hydrogens is 440 g/mol. The van der Waals surface area contributed by atoms with Crippen LogP contribution in [0.1, 0.15) is 38.2 Å². The Labute approximate surface area is 198 Å². The Bertz CT molecular complexity index is 855. The smallest absolute Gasteiger partial charge is 0.239 e. The molecule has 11 nitrogen and oxygen atoms in total. The first-order chi connectivity index (χ1) is 16.3. The second-order valence-electron chi connectivity index (χ2n) is 8.33. The number of rotatable bonds is 13. The maximum absolute atomic E-state index is 12.8. The number of hydrogen-bond donors (Lipinski definition) is 6. The molecule has 0 aromatic heterocycles. The summed E-state index contributed by atoms with van der Waals surface area (Å²) in [5, 5.41) is 8.43. The number of ketones is 2. The molecule has 11 heteroatoms. The predicted molar refractivity (Wildman–Crippen MR) is 125 cm³/mol. The van der Waals surface area contributed by atoms with Crippen molar-refractivity contribution in [2.24, 2.45) is 5.73 Å². The number of amides is 3. The molecule has 0 radical (unpaired) electrons. The second-order valence-corrected chi connectivity index (χ2v) is 8.33. The highest BCUT2D eigenvalue weighted by atomic mass is 16.2. The van der Waals surface area contributed by atoms with Crippen LogP contribution in [-0.2, 0) is 30.4 Å². The van der Waals surface area contributed by atoms with Gasteiger partial charge in [-0.3, -0.25) is 24.0 Å². The van der Waals surface area contributed by atoms with Gasteiger partial charge in [0.25, 0.3) is 0 Å². The standard InChI is InChI=1S/C23H34N6O5/c1-15(30)27-17-7-9-18(10-8-17)28-22(33)14-25-23(34)19(11-16-5-3-2-4-6-16)29-26-13-21(32)20(31)12-24/h2-6,17-19,26,29H,7-14,24H2,1H3,(H,25,34)(H,27,30)(H,28,33)/t17-,18-,19-/m0/s1. The number of nitrogens with one attached hydrogen (secondary N) is 5. The minimum Gasteiger partial charge on any atom is -0.354 e. The van der Waals surface area contributed by atoms with E-state index in [2.05, 4.69) is 26.8 Å². The van der Waals surface area contributed by atoms with Crippen LogP contribution < -0.4 is 32.5 Å². The molecule has 7 N–H and O–H groups in total. The summed E-state index contributed by atoms with van der Waals surface area (Å²) in [5.74, 6) is -2.19. The van der Waals surface area contributed by atoms with Gasteiger partial charge >= 0.3 is 0 Å². The van der Waals surface area contributed by atoms with Gasteiger partial charge in [-0.15, -0.1) is 0 Å². The average Bonchev–Trinajstić information content (AvgIpc) is 2.82. The van der Waals surface area contributed by atoms with Crippen LogP contribution in [0.15, 0.2) is 30.3 Å². The molecule has 2 rings (SSSR count). The molecular formula is C23H34N6O5. The zero-order valence-corrected chi connectivity index (χ0v) is 19.4. The Morgan fingerprint density at radius 2 is 1.53 bits per heavy atom. The van der Waals surface area contributed by atoms with Crippen molar-refractivity contribution >= 4 is 29.3 Å². The van der Waals surface area contributed by atoms with Gasteiger partial charge < -0.3 is 21.7 Å². The summed E-state index contributed by atoms with van der Waals surface area (Å²) < 4.78 is 0. The Kier molecular flexibility index (Phi) is 11.3. The molecule has 0 bridgehead atoms. The lowest BCUT2D eigenvalue weighted by molar-refractivity contribution is -0.135. The van der Waals surface area contributed by atoms with Gasteiger partial charge in [0, 0.05) is 19.0 Å². The van der Waals surface area contributed by atoms with E-state index in [1.54, 1.807) is 0 Å². The highest BCUT2D eigenvalue weighted by Crippen LogP contribution is 2.18. The number of hydrogen-bond acceptors (Lipinski definition) is 8. The summed E-state index contributed by atoms with van der Waals surface area (Å²) >= 11 is 0. The molecule has 0 heterocycles. The van der Waals surface area contributed by atoms with Crippen LogP contribution in [0.3, 0.4) is 0 Å². The third-order valence-corrected chi connectivity index (χ3v) is 5.54. The van der Waals surface area contributed by atoms with Gasteiger partial charge in [0.15, 0.2) is 0 Å². The topological polar surface area (TPSA) is 172 Å². The zero-order chi connectivity index (χ0) is 24.9. The van der Waals surface area contributed by atoms with Gasteiger partial charge in [0.2, 0.25) is 29.3 Å². The molecule has 1 aromatic carbocycles. The normalized spacial score (nSPS) is 18.4. The fourth-order valence-corrected chi connectivity index (χ4v) is 3.76. The fourth-order valence-electron chi connectivity index (χ4n) is 3.76. The van der Waals surface area contributed by atoms with Gasteiger partial charge in [0.1, 0.15) is 6.04 Å². The molecule has 186 valence electrons. The van der Waals surface area contributed by atoms with E-state index >= 15 is 0 Å². The van der Waals surface area contributed by atoms with Crippen LogP contribution in [-0.4, -0.2) is 67.0 Å². The lowest BCUT2D eigenvalue weighted by Gasteiger charge is -2.29. The summed E-state index contributed by atoms with van der Waals surface area (Å²) in [7, 11) is 0. The Hall–Kier alpha value is -3.15. The van der Waals surface area contributed by atoms with Crippen LogP contribution in [0.2, 0.25) is 0 Å². The summed E-state index contributed by atoms with van der Waals surface area (Å²) in [6.07, 6.45) is 3.38. The van der Waals surface area contributed by atoms with E-state index in [0.29, 0.717) is 6.42 Å². The zero-order valence-electron chi connectivity index (χ0n) is 19.4. The third-order valence-electron chi connectivity index (χ3n) is 5.54. The van der Waals surface area contributed by atoms with Crippen LogP contribution >= 0.6 is 0 Å². The predicted octanol–water partition coefficient (Wildman–Crippen LogP) is -1.53. The summed E-state index contributed by atoms with van der Waals surface area (Å²) in [4.78, 5) is 59.2. The Morgan fingerprint density at radius 3 is 2.12 bits per heavy atom. The van der Waals surface area contributed by atoms with Crippen molar-refractivity contribution in [3.8, 4) is 0 Å². The van der Waals surface area contributed by atoms with E-state index in [4.69, 9.17) is 5.73 Å². The van der Waals surface area contributed by atoms with Crippen molar-refractivity contribution in [3.05, 3.63) is 35.9 Å². The van der Waals surface area contributed by atoms with Crippen LogP contribution in [0.4, 0.5) is 0 Å². The van der Waals surface area contributed by atoms with E-state index in [1.165, 1.54) is 6.92 Å². The van der Waals surface area contributed by atoms with Gasteiger partial charge in [0.05, 0.1) is 19.6 Å². The van der Waals surface area contributed by atoms with E-state index in [1.807, 2.05) is 30.3 Å². The first-order valence-corrected chi connectivity index (χ1v) is 11.4. The van der Waals surface area contributed by atoms with Gasteiger partial charge in [-0.25, -0.2) is 10.9 Å². The van der Waals surface area contributed by atoms with Gasteiger partial charge in [-0.1, -0.05) is 30.3 Å². The highest BCUT2D eigenvalue weighted by Gasteiger charge is 2.24. The van der Waals surface area contributed by atoms with Crippen molar-refractivity contribution in [3.63, 3.8) is 0 Å². The molecule has 34 heavy (non-hydrogen) atoms. The number of benzene rings is 1. The quantitative estimate of drug-likeness (QED) is 0.148. The van der Waals surface area contributed by atoms with Crippen LogP contribution in [0.25, 0.3) is 0 Å². The Balaban J connectivity index is 1.82. The molecule has 3 amide bonds. The lowest BCUT2D eigenvalue weighted by atomic mass is 9.91. The number of Topliss-reactive ketones (excluding diaryl/α,β-unsaturated/α-hetero) is 2. The first kappa shape index (κ1) is 27.1. The molecule has 1 aromatic rings. The van der Waals surface area contributed by atoms with E-state index < -0.39 is 23.5 Å². The first-order valence-electron chi connectivity index (χ1n) is 11.4.